The highest BCUT2D eigenvalue weighted by atomic mass is 32.2. The van der Waals surface area contributed by atoms with E-state index in [1.165, 1.54) is 11.8 Å². The van der Waals surface area contributed by atoms with Crippen molar-refractivity contribution in [2.45, 2.75) is 50.6 Å². The van der Waals surface area contributed by atoms with Gasteiger partial charge in [-0.15, -0.1) is 11.8 Å². The van der Waals surface area contributed by atoms with E-state index >= 15 is 0 Å². The van der Waals surface area contributed by atoms with Crippen molar-refractivity contribution in [3.63, 3.8) is 0 Å². The summed E-state index contributed by atoms with van der Waals surface area (Å²) in [6.45, 7) is 5.16. The number of nitrogens with one attached hydrogen (secondary N) is 1. The maximum Gasteiger partial charge on any atom is 0.243 e. The molecule has 4 nitrogen and oxygen atoms in total. The van der Waals surface area contributed by atoms with Gasteiger partial charge in [-0.1, -0.05) is 86.1 Å². The maximum absolute atomic E-state index is 13.6. The first kappa shape index (κ1) is 25.6. The van der Waals surface area contributed by atoms with Gasteiger partial charge in [0, 0.05) is 24.4 Å². The molecule has 0 aliphatic carbocycles. The highest BCUT2D eigenvalue weighted by molar-refractivity contribution is 8.00. The fourth-order valence-electron chi connectivity index (χ4n) is 3.78. The lowest BCUT2D eigenvalue weighted by atomic mass is 10.0. The van der Waals surface area contributed by atoms with Crippen LogP contribution in [0, 0.1) is 6.92 Å². The Bertz CT molecular complexity index is 1040. The number of carbonyl (C=O) groups excluding carboxylic acids is 2. The van der Waals surface area contributed by atoms with Gasteiger partial charge in [0.15, 0.2) is 0 Å². The monoisotopic (exact) mass is 474 g/mol. The number of unbranched alkanes of at least 4 members (excludes halogenated alkanes) is 1. The zero-order valence-corrected chi connectivity index (χ0v) is 20.9. The van der Waals surface area contributed by atoms with Crippen LogP contribution >= 0.6 is 11.8 Å². The van der Waals surface area contributed by atoms with Crippen molar-refractivity contribution in [1.29, 1.82) is 0 Å². The molecule has 0 fully saturated rings. The number of hydrogen-bond acceptors (Lipinski definition) is 3. The van der Waals surface area contributed by atoms with Crippen molar-refractivity contribution in [2.24, 2.45) is 0 Å². The Labute approximate surface area is 207 Å². The van der Waals surface area contributed by atoms with Crippen molar-refractivity contribution in [3.05, 3.63) is 102 Å². The molecule has 3 aromatic carbocycles. The second-order valence-electron chi connectivity index (χ2n) is 8.40. The lowest BCUT2D eigenvalue weighted by molar-refractivity contribution is -0.139. The third-order valence-corrected chi connectivity index (χ3v) is 6.80. The summed E-state index contributed by atoms with van der Waals surface area (Å²) in [6, 6.07) is 27.3. The molecule has 178 valence electrons. The molecule has 5 heteroatoms. The molecule has 0 aromatic heterocycles. The largest absolute Gasteiger partial charge is 0.354 e. The van der Waals surface area contributed by atoms with Crippen LogP contribution in [0.25, 0.3) is 0 Å². The van der Waals surface area contributed by atoms with Crippen molar-refractivity contribution < 1.29 is 9.59 Å². The highest BCUT2D eigenvalue weighted by Crippen LogP contribution is 2.21. The van der Waals surface area contributed by atoms with E-state index in [0.717, 1.165) is 34.4 Å². The van der Waals surface area contributed by atoms with E-state index in [-0.39, 0.29) is 17.6 Å². The van der Waals surface area contributed by atoms with Crippen LogP contribution in [0.5, 0.6) is 0 Å². The molecular weight excluding hydrogens is 440 g/mol. The first-order valence-corrected chi connectivity index (χ1v) is 12.9. The smallest absolute Gasteiger partial charge is 0.243 e. The Kier molecular flexibility index (Phi) is 10.2. The molecule has 0 aliphatic rings. The summed E-state index contributed by atoms with van der Waals surface area (Å²) in [6.07, 6.45) is 2.40. The third-order valence-electron chi connectivity index (χ3n) is 5.81. The van der Waals surface area contributed by atoms with E-state index < -0.39 is 6.04 Å². The minimum Gasteiger partial charge on any atom is -0.354 e. The summed E-state index contributed by atoms with van der Waals surface area (Å²) in [5, 5.41) is 3.07. The lowest BCUT2D eigenvalue weighted by Crippen LogP contribution is -2.51. The van der Waals surface area contributed by atoms with Crippen LogP contribution in [0.1, 0.15) is 36.5 Å². The van der Waals surface area contributed by atoms with Gasteiger partial charge in [-0.25, -0.2) is 0 Å². The summed E-state index contributed by atoms with van der Waals surface area (Å²) in [5.41, 5.74) is 3.21. The van der Waals surface area contributed by atoms with Crippen LogP contribution in [0.3, 0.4) is 0 Å². The van der Waals surface area contributed by atoms with Gasteiger partial charge in [-0.05, 0) is 42.2 Å². The van der Waals surface area contributed by atoms with Gasteiger partial charge < -0.3 is 10.2 Å². The third kappa shape index (κ3) is 7.77. The molecule has 0 heterocycles. The molecule has 0 saturated heterocycles. The minimum atomic E-state index is -0.581. The first-order valence-electron chi connectivity index (χ1n) is 11.9. The number of nitrogens with zero attached hydrogens (tertiary/aromatic N) is 1. The van der Waals surface area contributed by atoms with Gasteiger partial charge in [-0.3, -0.25) is 9.59 Å². The predicted octanol–water partition coefficient (Wildman–Crippen LogP) is 5.64. The molecular formula is C29H34N2O2S. The van der Waals surface area contributed by atoms with Gasteiger partial charge in [-0.2, -0.15) is 0 Å². The Morgan fingerprint density at radius 1 is 0.912 bits per heavy atom. The molecule has 0 bridgehead atoms. The van der Waals surface area contributed by atoms with E-state index in [4.69, 9.17) is 0 Å². The van der Waals surface area contributed by atoms with Crippen LogP contribution in [0.4, 0.5) is 0 Å². The molecule has 0 saturated carbocycles. The quantitative estimate of drug-likeness (QED) is 0.273. The molecule has 34 heavy (non-hydrogen) atoms. The van der Waals surface area contributed by atoms with Gasteiger partial charge in [0.2, 0.25) is 11.8 Å². The normalized spacial score (nSPS) is 11.6. The fourth-order valence-corrected chi connectivity index (χ4v) is 4.58. The summed E-state index contributed by atoms with van der Waals surface area (Å²) in [4.78, 5) is 29.8. The zero-order chi connectivity index (χ0) is 24.2. The van der Waals surface area contributed by atoms with Crippen molar-refractivity contribution in [2.75, 3.05) is 12.3 Å². The summed E-state index contributed by atoms with van der Waals surface area (Å²) in [5.74, 6) is 0.149. The van der Waals surface area contributed by atoms with E-state index in [1.54, 1.807) is 4.90 Å². The summed E-state index contributed by atoms with van der Waals surface area (Å²) >= 11 is 1.51. The van der Waals surface area contributed by atoms with Crippen LogP contribution in [-0.4, -0.2) is 35.1 Å². The molecule has 0 aliphatic heterocycles. The number of benzene rings is 3. The number of amides is 2. The van der Waals surface area contributed by atoms with Crippen LogP contribution in [-0.2, 0) is 22.6 Å². The second-order valence-corrected chi connectivity index (χ2v) is 9.45. The highest BCUT2D eigenvalue weighted by Gasteiger charge is 2.30. The minimum absolute atomic E-state index is 0.0383. The maximum atomic E-state index is 13.6. The Morgan fingerprint density at radius 2 is 1.56 bits per heavy atom. The zero-order valence-electron chi connectivity index (χ0n) is 20.1. The predicted molar refractivity (Wildman–Crippen MR) is 141 cm³/mol. The molecule has 1 atom stereocenters. The number of aryl methyl sites for hydroxylation is 1. The van der Waals surface area contributed by atoms with Gasteiger partial charge in [0.1, 0.15) is 6.04 Å². The van der Waals surface area contributed by atoms with E-state index in [2.05, 4.69) is 12.2 Å². The molecule has 0 unspecified atom stereocenters. The van der Waals surface area contributed by atoms with Crippen LogP contribution < -0.4 is 5.32 Å². The van der Waals surface area contributed by atoms with Crippen molar-refractivity contribution >= 4 is 23.6 Å². The fraction of sp³-hybridized carbons (Fsp3) is 0.310. The first-order chi connectivity index (χ1) is 16.6. The molecule has 0 spiro atoms. The van der Waals surface area contributed by atoms with E-state index in [9.17, 15) is 9.59 Å². The summed E-state index contributed by atoms with van der Waals surface area (Å²) < 4.78 is 0. The second kappa shape index (κ2) is 13.6. The number of carbonyl (C=O) groups is 2. The topological polar surface area (TPSA) is 49.4 Å². The van der Waals surface area contributed by atoms with E-state index in [1.807, 2.05) is 91.9 Å². The average molecular weight is 475 g/mol. The van der Waals surface area contributed by atoms with Crippen molar-refractivity contribution in [3.8, 4) is 0 Å². The standard InChI is InChI=1S/C29H34N2O2S/c1-3-4-19-30-29(33)27(20-24-14-7-5-8-15-24)31(21-25-16-12-11-13-23(25)2)28(32)22-34-26-17-9-6-10-18-26/h5-18,27H,3-4,19-22H2,1-2H3,(H,30,33)/t27-/m1/s1. The Morgan fingerprint density at radius 3 is 2.24 bits per heavy atom. The molecule has 3 rings (SSSR count). The average Bonchev–Trinajstić information content (AvgIpc) is 2.87. The van der Waals surface area contributed by atoms with Crippen LogP contribution in [0.15, 0.2) is 89.8 Å². The number of thioether (sulfide) groups is 1. The number of hydrogen-bond donors (Lipinski definition) is 1. The number of rotatable bonds is 12. The van der Waals surface area contributed by atoms with E-state index in [0.29, 0.717) is 19.5 Å². The molecule has 1 N–H and O–H groups in total. The molecule has 3 aromatic rings. The van der Waals surface area contributed by atoms with Gasteiger partial charge >= 0.3 is 0 Å². The van der Waals surface area contributed by atoms with Gasteiger partial charge in [0.25, 0.3) is 0 Å². The lowest BCUT2D eigenvalue weighted by Gasteiger charge is -2.32. The van der Waals surface area contributed by atoms with Crippen molar-refractivity contribution in [1.82, 2.24) is 10.2 Å². The molecule has 0 radical (unpaired) electrons. The summed E-state index contributed by atoms with van der Waals surface area (Å²) in [7, 11) is 0. The molecule has 2 amide bonds. The van der Waals surface area contributed by atoms with Gasteiger partial charge in [0.05, 0.1) is 5.75 Å². The Balaban J connectivity index is 1.89. The van der Waals surface area contributed by atoms with Crippen LogP contribution in [0.2, 0.25) is 0 Å². The SMILES string of the molecule is CCCCNC(=O)[C@@H](Cc1ccccc1)N(Cc1ccccc1C)C(=O)CSc1ccccc1. The Hall–Kier alpha value is -3.05.